The van der Waals surface area contributed by atoms with Crippen molar-refractivity contribution in [2.45, 2.75) is 13.8 Å². The van der Waals surface area contributed by atoms with Gasteiger partial charge in [-0.25, -0.2) is 0 Å². The fraction of sp³-hybridized carbons (Fsp3) is 0.167. The summed E-state index contributed by atoms with van der Waals surface area (Å²) in [6.45, 7) is 7.72. The minimum absolute atomic E-state index is 0.293. The summed E-state index contributed by atoms with van der Waals surface area (Å²) in [5.41, 5.74) is 3.23. The molecule has 1 aromatic rings. The summed E-state index contributed by atoms with van der Waals surface area (Å²) >= 11 is 0. The van der Waals surface area contributed by atoms with E-state index >= 15 is 0 Å². The van der Waals surface area contributed by atoms with Gasteiger partial charge in [0.25, 0.3) is 0 Å². The molecular formula is C12H14O. The van der Waals surface area contributed by atoms with E-state index in [4.69, 9.17) is 0 Å². The molecule has 0 unspecified atom stereocenters. The van der Waals surface area contributed by atoms with Crippen LogP contribution >= 0.6 is 0 Å². The largest absolute Gasteiger partial charge is 0.508 e. The van der Waals surface area contributed by atoms with Gasteiger partial charge in [0.05, 0.1) is 0 Å². The second-order valence-electron chi connectivity index (χ2n) is 2.95. The molecule has 0 amide bonds. The van der Waals surface area contributed by atoms with E-state index in [0.29, 0.717) is 5.75 Å². The molecule has 0 atom stereocenters. The lowest BCUT2D eigenvalue weighted by Gasteiger charge is -2.06. The maximum atomic E-state index is 9.32. The molecule has 0 aliphatic carbocycles. The molecule has 1 rings (SSSR count). The minimum Gasteiger partial charge on any atom is -0.508 e. The average molecular weight is 174 g/mol. The number of hydrogen-bond acceptors (Lipinski definition) is 1. The van der Waals surface area contributed by atoms with Crippen LogP contribution < -0.4 is 0 Å². The van der Waals surface area contributed by atoms with Crippen LogP contribution in [-0.4, -0.2) is 5.11 Å². The van der Waals surface area contributed by atoms with Crippen molar-refractivity contribution in [3.8, 4) is 5.75 Å². The number of hydrogen-bond donors (Lipinski definition) is 1. The first-order valence-electron chi connectivity index (χ1n) is 4.27. The molecule has 13 heavy (non-hydrogen) atoms. The Morgan fingerprint density at radius 2 is 2.15 bits per heavy atom. The fourth-order valence-corrected chi connectivity index (χ4v) is 1.22. The van der Waals surface area contributed by atoms with Gasteiger partial charge in [0.2, 0.25) is 0 Å². The third kappa shape index (κ3) is 2.00. The van der Waals surface area contributed by atoms with Crippen molar-refractivity contribution in [1.82, 2.24) is 0 Å². The monoisotopic (exact) mass is 174 g/mol. The van der Waals surface area contributed by atoms with Crippen LogP contribution in [0.15, 0.2) is 30.9 Å². The summed E-state index contributed by atoms with van der Waals surface area (Å²) in [5, 5.41) is 9.32. The maximum Gasteiger partial charge on any atom is 0.116 e. The summed E-state index contributed by atoms with van der Waals surface area (Å²) in [4.78, 5) is 0. The smallest absolute Gasteiger partial charge is 0.116 e. The van der Waals surface area contributed by atoms with Crippen LogP contribution in [0, 0.1) is 0 Å². The van der Waals surface area contributed by atoms with E-state index in [9.17, 15) is 5.11 Å². The third-order valence-electron chi connectivity index (χ3n) is 2.11. The summed E-state index contributed by atoms with van der Waals surface area (Å²) in [6, 6.07) is 5.29. The van der Waals surface area contributed by atoms with Gasteiger partial charge in [0.1, 0.15) is 5.75 Å². The molecule has 0 radical (unpaired) electrons. The van der Waals surface area contributed by atoms with Gasteiger partial charge in [-0.05, 0) is 42.7 Å². The SMILES string of the molecule is C=Cc1ccc(O)cc1/C(C)=C\C. The predicted molar refractivity (Wildman–Crippen MR) is 57.5 cm³/mol. The molecule has 0 saturated carbocycles. The standard InChI is InChI=1S/C12H14O/c1-4-9(3)12-8-11(13)7-6-10(12)5-2/h4-8,13H,2H2,1,3H3/b9-4-. The van der Waals surface area contributed by atoms with Crippen molar-refractivity contribution in [2.24, 2.45) is 0 Å². The molecule has 1 heteroatoms. The normalized spacial score (nSPS) is 11.4. The van der Waals surface area contributed by atoms with E-state index in [0.717, 1.165) is 16.7 Å². The molecule has 68 valence electrons. The minimum atomic E-state index is 0.293. The highest BCUT2D eigenvalue weighted by atomic mass is 16.3. The summed E-state index contributed by atoms with van der Waals surface area (Å²) in [7, 11) is 0. The Balaban J connectivity index is 3.31. The Morgan fingerprint density at radius 3 is 2.69 bits per heavy atom. The number of phenolic OH excluding ortho intramolecular Hbond substituents is 1. The van der Waals surface area contributed by atoms with Crippen LogP contribution in [0.2, 0.25) is 0 Å². The molecule has 1 N–H and O–H groups in total. The Hall–Kier alpha value is -1.50. The molecule has 1 aromatic carbocycles. The van der Waals surface area contributed by atoms with Gasteiger partial charge in [0.15, 0.2) is 0 Å². The molecule has 1 nitrogen and oxygen atoms in total. The lowest BCUT2D eigenvalue weighted by atomic mass is 10.0. The first-order chi connectivity index (χ1) is 6.19. The molecular weight excluding hydrogens is 160 g/mol. The molecule has 0 heterocycles. The van der Waals surface area contributed by atoms with Crippen LogP contribution in [0.4, 0.5) is 0 Å². The van der Waals surface area contributed by atoms with Crippen LogP contribution in [-0.2, 0) is 0 Å². The molecule has 0 aromatic heterocycles. The van der Waals surface area contributed by atoms with E-state index in [1.54, 1.807) is 18.2 Å². The van der Waals surface area contributed by atoms with E-state index in [1.807, 2.05) is 26.0 Å². The van der Waals surface area contributed by atoms with Crippen LogP contribution in [0.5, 0.6) is 5.75 Å². The molecule has 0 fully saturated rings. The van der Waals surface area contributed by atoms with Gasteiger partial charge in [-0.1, -0.05) is 24.8 Å². The zero-order valence-electron chi connectivity index (χ0n) is 8.04. The maximum absolute atomic E-state index is 9.32. The van der Waals surface area contributed by atoms with Gasteiger partial charge >= 0.3 is 0 Å². The van der Waals surface area contributed by atoms with E-state index < -0.39 is 0 Å². The second-order valence-corrected chi connectivity index (χ2v) is 2.95. The average Bonchev–Trinajstić information content (AvgIpc) is 2.16. The topological polar surface area (TPSA) is 20.2 Å². The van der Waals surface area contributed by atoms with Crippen LogP contribution in [0.25, 0.3) is 11.6 Å². The van der Waals surface area contributed by atoms with Crippen molar-refractivity contribution >= 4 is 11.6 Å². The number of phenols is 1. The van der Waals surface area contributed by atoms with E-state index in [2.05, 4.69) is 6.58 Å². The Morgan fingerprint density at radius 1 is 1.46 bits per heavy atom. The zero-order chi connectivity index (χ0) is 9.84. The van der Waals surface area contributed by atoms with Crippen molar-refractivity contribution < 1.29 is 5.11 Å². The zero-order valence-corrected chi connectivity index (χ0v) is 8.04. The summed E-state index contributed by atoms with van der Waals surface area (Å²) in [6.07, 6.45) is 3.81. The molecule has 0 spiro atoms. The highest BCUT2D eigenvalue weighted by Crippen LogP contribution is 2.24. The van der Waals surface area contributed by atoms with Gasteiger partial charge < -0.3 is 5.11 Å². The van der Waals surface area contributed by atoms with Gasteiger partial charge in [0, 0.05) is 0 Å². The van der Waals surface area contributed by atoms with E-state index in [-0.39, 0.29) is 0 Å². The lowest BCUT2D eigenvalue weighted by Crippen LogP contribution is -1.84. The Kier molecular flexibility index (Phi) is 2.91. The van der Waals surface area contributed by atoms with Crippen LogP contribution in [0.3, 0.4) is 0 Å². The predicted octanol–water partition coefficient (Wildman–Crippen LogP) is 3.46. The highest BCUT2D eigenvalue weighted by molar-refractivity contribution is 5.73. The first-order valence-corrected chi connectivity index (χ1v) is 4.27. The van der Waals surface area contributed by atoms with Crippen LogP contribution in [0.1, 0.15) is 25.0 Å². The molecule has 0 aliphatic rings. The number of allylic oxidation sites excluding steroid dienone is 2. The molecule has 0 saturated heterocycles. The Labute approximate surface area is 79.0 Å². The van der Waals surface area contributed by atoms with Gasteiger partial charge in [-0.15, -0.1) is 0 Å². The van der Waals surface area contributed by atoms with Gasteiger partial charge in [-0.2, -0.15) is 0 Å². The number of rotatable bonds is 2. The van der Waals surface area contributed by atoms with Gasteiger partial charge in [-0.3, -0.25) is 0 Å². The summed E-state index contributed by atoms with van der Waals surface area (Å²) in [5.74, 6) is 0.293. The molecule has 0 aliphatic heterocycles. The number of benzene rings is 1. The van der Waals surface area contributed by atoms with Crippen molar-refractivity contribution in [1.29, 1.82) is 0 Å². The fourth-order valence-electron chi connectivity index (χ4n) is 1.22. The quantitative estimate of drug-likeness (QED) is 0.728. The first kappa shape index (κ1) is 9.59. The van der Waals surface area contributed by atoms with E-state index in [1.165, 1.54) is 0 Å². The van der Waals surface area contributed by atoms with Crippen molar-refractivity contribution in [2.75, 3.05) is 0 Å². The number of aromatic hydroxyl groups is 1. The van der Waals surface area contributed by atoms with Crippen molar-refractivity contribution in [3.63, 3.8) is 0 Å². The lowest BCUT2D eigenvalue weighted by molar-refractivity contribution is 0.475. The Bertz CT molecular complexity index is 348. The second kappa shape index (κ2) is 3.94. The molecule has 0 bridgehead atoms. The third-order valence-corrected chi connectivity index (χ3v) is 2.11. The summed E-state index contributed by atoms with van der Waals surface area (Å²) < 4.78 is 0. The van der Waals surface area contributed by atoms with Crippen molar-refractivity contribution in [3.05, 3.63) is 42.0 Å². The highest BCUT2D eigenvalue weighted by Gasteiger charge is 2.01.